The molecule has 0 bridgehead atoms. The molecule has 2 atom stereocenters. The first kappa shape index (κ1) is 23.4. The van der Waals surface area contributed by atoms with Crippen LogP contribution in [0, 0.1) is 5.92 Å². The molecule has 1 aliphatic carbocycles. The zero-order valence-electron chi connectivity index (χ0n) is 18.9. The molecule has 0 saturated carbocycles. The van der Waals surface area contributed by atoms with Crippen LogP contribution in [-0.2, 0) is 4.43 Å². The van der Waals surface area contributed by atoms with Crippen LogP contribution in [-0.4, -0.2) is 13.9 Å². The summed E-state index contributed by atoms with van der Waals surface area (Å²) >= 11 is 0. The van der Waals surface area contributed by atoms with Gasteiger partial charge in [0.1, 0.15) is 0 Å². The van der Waals surface area contributed by atoms with E-state index < -0.39 is 8.32 Å². The molecule has 0 radical (unpaired) electrons. The molecule has 2 heteroatoms. The van der Waals surface area contributed by atoms with Gasteiger partial charge in [0.25, 0.3) is 0 Å². The van der Waals surface area contributed by atoms with Crippen molar-refractivity contribution in [2.75, 3.05) is 0 Å². The average Bonchev–Trinajstić information content (AvgIpc) is 2.49. The van der Waals surface area contributed by atoms with E-state index in [1.54, 1.807) is 5.57 Å². The third-order valence-electron chi connectivity index (χ3n) is 6.81. The predicted octanol–water partition coefficient (Wildman–Crippen LogP) is 8.21. The lowest BCUT2D eigenvalue weighted by Crippen LogP contribution is -2.52. The molecule has 150 valence electrons. The summed E-state index contributed by atoms with van der Waals surface area (Å²) in [6.45, 7) is 26.8. The van der Waals surface area contributed by atoms with Gasteiger partial charge in [-0.1, -0.05) is 44.9 Å². The number of unbranched alkanes of at least 4 members (excludes halogenated alkanes) is 1. The summed E-state index contributed by atoms with van der Waals surface area (Å²) in [6.07, 6.45) is 10.1. The molecular formula is C24H44OSi. The highest BCUT2D eigenvalue weighted by molar-refractivity contribution is 6.74. The summed E-state index contributed by atoms with van der Waals surface area (Å²) in [5.74, 6) is 0.671. The highest BCUT2D eigenvalue weighted by Gasteiger charge is 2.47. The van der Waals surface area contributed by atoms with Gasteiger partial charge in [0.15, 0.2) is 8.32 Å². The molecule has 1 nitrogen and oxygen atoms in total. The summed E-state index contributed by atoms with van der Waals surface area (Å²) in [7, 11) is -1.84. The van der Waals surface area contributed by atoms with E-state index in [1.165, 1.54) is 24.0 Å². The zero-order chi connectivity index (χ0) is 20.2. The Labute approximate surface area is 165 Å². The van der Waals surface area contributed by atoms with Crippen molar-refractivity contribution in [1.29, 1.82) is 0 Å². The average molecular weight is 377 g/mol. The fourth-order valence-electron chi connectivity index (χ4n) is 3.92. The monoisotopic (exact) mass is 376 g/mol. The van der Waals surface area contributed by atoms with Gasteiger partial charge in [-0.3, -0.25) is 0 Å². The Morgan fingerprint density at radius 2 is 1.96 bits per heavy atom. The molecule has 0 heterocycles. The van der Waals surface area contributed by atoms with Crippen LogP contribution in [0.25, 0.3) is 0 Å². The highest BCUT2D eigenvalue weighted by Crippen LogP contribution is 2.49. The first-order valence-electron chi connectivity index (χ1n) is 10.5. The second-order valence-corrected chi connectivity index (χ2v) is 14.8. The molecule has 0 aromatic heterocycles. The molecule has 0 aromatic rings. The summed E-state index contributed by atoms with van der Waals surface area (Å²) in [5, 5.41) is 0.236. The van der Waals surface area contributed by atoms with Crippen molar-refractivity contribution in [3.63, 3.8) is 0 Å². The van der Waals surface area contributed by atoms with E-state index in [-0.39, 0.29) is 10.6 Å². The minimum absolute atomic E-state index is 0.0665. The maximum absolute atomic E-state index is 7.20. The van der Waals surface area contributed by atoms with E-state index in [4.69, 9.17) is 4.43 Å². The second-order valence-electron chi connectivity index (χ2n) is 10.1. The quantitative estimate of drug-likeness (QED) is 0.224. The molecule has 0 unspecified atom stereocenters. The van der Waals surface area contributed by atoms with Crippen LogP contribution < -0.4 is 0 Å². The van der Waals surface area contributed by atoms with Gasteiger partial charge in [-0.15, -0.1) is 13.2 Å². The van der Waals surface area contributed by atoms with Gasteiger partial charge in [0.2, 0.25) is 0 Å². The Hall–Kier alpha value is -0.603. The second kappa shape index (κ2) is 9.06. The topological polar surface area (TPSA) is 9.23 Å². The molecule has 1 aliphatic rings. The molecule has 0 spiro atoms. The zero-order valence-corrected chi connectivity index (χ0v) is 19.9. The molecule has 26 heavy (non-hydrogen) atoms. The van der Waals surface area contributed by atoms with Crippen LogP contribution in [0.5, 0.6) is 0 Å². The molecule has 0 aliphatic heterocycles. The lowest BCUT2D eigenvalue weighted by molar-refractivity contribution is 0.0543. The summed E-state index contributed by atoms with van der Waals surface area (Å²) < 4.78 is 7.20. The van der Waals surface area contributed by atoms with E-state index >= 15 is 0 Å². The Balaban J connectivity index is 3.29. The van der Waals surface area contributed by atoms with Crippen LogP contribution in [0.1, 0.15) is 86.5 Å². The van der Waals surface area contributed by atoms with Crippen molar-refractivity contribution >= 4 is 8.32 Å². The van der Waals surface area contributed by atoms with Crippen LogP contribution in [0.3, 0.4) is 0 Å². The normalized spacial score (nSPS) is 24.7. The maximum Gasteiger partial charge on any atom is 0.193 e. The van der Waals surface area contributed by atoms with Crippen LogP contribution in [0.2, 0.25) is 18.1 Å². The maximum atomic E-state index is 7.20. The van der Waals surface area contributed by atoms with Crippen LogP contribution in [0.15, 0.2) is 36.0 Å². The standard InChI is InChI=1S/C24H44OSi/c1-11-12-13-17-24(25-26(9,10)23(6,7)8)18-16-20(4)22(21(24)5)15-14-19(2)3/h11,20H,1-2,12-18H2,3-10H3/t20-,24-/m0/s1. The Bertz CT molecular complexity index is 535. The SMILES string of the molecule is C=CCCC[C@]1(O[Si](C)(C)C(C)(C)C)CC[C@H](C)C(CCC(=C)C)=C1C. The number of hydrogen-bond acceptors (Lipinski definition) is 1. The Kier molecular flexibility index (Phi) is 8.17. The first-order valence-corrected chi connectivity index (χ1v) is 13.4. The van der Waals surface area contributed by atoms with Crippen molar-refractivity contribution in [3.05, 3.63) is 36.0 Å². The molecule has 1 rings (SSSR count). The van der Waals surface area contributed by atoms with Crippen molar-refractivity contribution in [2.24, 2.45) is 5.92 Å². The fourth-order valence-corrected chi connectivity index (χ4v) is 5.56. The van der Waals surface area contributed by atoms with Crippen LogP contribution >= 0.6 is 0 Å². The van der Waals surface area contributed by atoms with Crippen molar-refractivity contribution < 1.29 is 4.43 Å². The van der Waals surface area contributed by atoms with Gasteiger partial charge < -0.3 is 4.43 Å². The summed E-state index contributed by atoms with van der Waals surface area (Å²) in [6, 6.07) is 0. The lowest BCUT2D eigenvalue weighted by Gasteiger charge is -2.50. The Morgan fingerprint density at radius 1 is 1.35 bits per heavy atom. The van der Waals surface area contributed by atoms with Crippen LogP contribution in [0.4, 0.5) is 0 Å². The van der Waals surface area contributed by atoms with E-state index in [0.29, 0.717) is 5.92 Å². The molecule has 0 aromatic carbocycles. The van der Waals surface area contributed by atoms with Gasteiger partial charge in [-0.05, 0) is 88.4 Å². The van der Waals surface area contributed by atoms with E-state index in [9.17, 15) is 0 Å². The summed E-state index contributed by atoms with van der Waals surface area (Å²) in [5.41, 5.74) is 4.39. The van der Waals surface area contributed by atoms with Gasteiger partial charge in [-0.25, -0.2) is 0 Å². The number of rotatable bonds is 9. The van der Waals surface area contributed by atoms with E-state index in [0.717, 1.165) is 32.1 Å². The smallest absolute Gasteiger partial charge is 0.193 e. The van der Waals surface area contributed by atoms with E-state index in [1.807, 2.05) is 6.08 Å². The Morgan fingerprint density at radius 3 is 2.46 bits per heavy atom. The molecule has 0 saturated heterocycles. The summed E-state index contributed by atoms with van der Waals surface area (Å²) in [4.78, 5) is 0. The van der Waals surface area contributed by atoms with Gasteiger partial charge in [0, 0.05) is 0 Å². The van der Waals surface area contributed by atoms with E-state index in [2.05, 4.69) is 67.8 Å². The van der Waals surface area contributed by atoms with Crippen molar-refractivity contribution in [3.8, 4) is 0 Å². The minimum Gasteiger partial charge on any atom is -0.408 e. The molecule has 0 N–H and O–H groups in total. The lowest BCUT2D eigenvalue weighted by atomic mass is 9.71. The highest BCUT2D eigenvalue weighted by atomic mass is 28.4. The number of allylic oxidation sites excluding steroid dienone is 3. The predicted molar refractivity (Wildman–Crippen MR) is 120 cm³/mol. The number of hydrogen-bond donors (Lipinski definition) is 0. The third-order valence-corrected chi connectivity index (χ3v) is 11.3. The largest absolute Gasteiger partial charge is 0.408 e. The third kappa shape index (κ3) is 5.69. The fraction of sp³-hybridized carbons (Fsp3) is 0.750. The van der Waals surface area contributed by atoms with Gasteiger partial charge >= 0.3 is 0 Å². The van der Waals surface area contributed by atoms with Crippen molar-refractivity contribution in [2.45, 2.75) is 110 Å². The molecular weight excluding hydrogens is 332 g/mol. The van der Waals surface area contributed by atoms with Gasteiger partial charge in [0.05, 0.1) is 5.60 Å². The molecule has 0 amide bonds. The minimum atomic E-state index is -1.84. The molecule has 0 fully saturated rings. The van der Waals surface area contributed by atoms with Crippen molar-refractivity contribution in [1.82, 2.24) is 0 Å². The van der Waals surface area contributed by atoms with Gasteiger partial charge in [-0.2, -0.15) is 0 Å². The first-order chi connectivity index (χ1) is 11.9.